The van der Waals surface area contributed by atoms with Crippen LogP contribution in [0.4, 0.5) is 0 Å². The molecule has 0 aromatic rings. The smallest absolute Gasteiger partial charge is 0.0656 e. The lowest BCUT2D eigenvalue weighted by Gasteiger charge is -2.15. The highest BCUT2D eigenvalue weighted by Gasteiger charge is 2.19. The van der Waals surface area contributed by atoms with Crippen molar-refractivity contribution < 1.29 is 0 Å². The maximum Gasteiger partial charge on any atom is 0.0776 e. The average Bonchev–Trinajstić information content (AvgIpc) is 2.30. The molecular weight excluding hydrogens is 176 g/mol. The van der Waals surface area contributed by atoms with E-state index in [1.54, 1.807) is 10.4 Å². The maximum atomic E-state index is 2.43. The Morgan fingerprint density at radius 1 is 1.08 bits per heavy atom. The van der Waals surface area contributed by atoms with Gasteiger partial charge in [-0.2, -0.15) is 0 Å². The minimum atomic E-state index is -1.04. The van der Waals surface area contributed by atoms with E-state index in [1.807, 2.05) is 0 Å². The van der Waals surface area contributed by atoms with Crippen LogP contribution < -0.4 is 0 Å². The lowest BCUT2D eigenvalue weighted by molar-refractivity contribution is 1.68. The molecule has 0 saturated heterocycles. The van der Waals surface area contributed by atoms with Crippen LogP contribution in [0.5, 0.6) is 0 Å². The van der Waals surface area contributed by atoms with Crippen molar-refractivity contribution in [3.05, 3.63) is 23.4 Å². The third kappa shape index (κ3) is 2.14. The molecule has 1 rings (SSSR count). The summed E-state index contributed by atoms with van der Waals surface area (Å²) in [6.45, 7) is 11.9. The Morgan fingerprint density at radius 3 is 1.92 bits per heavy atom. The van der Waals surface area contributed by atoms with Gasteiger partial charge in [0.05, 0.1) is 8.07 Å². The van der Waals surface area contributed by atoms with E-state index in [1.165, 1.54) is 0 Å². The van der Waals surface area contributed by atoms with Gasteiger partial charge in [-0.3, -0.25) is 0 Å². The lowest BCUT2D eigenvalue weighted by atomic mass is 10.5. The Bertz CT molecular complexity index is 271. The van der Waals surface area contributed by atoms with Crippen molar-refractivity contribution in [2.24, 2.45) is 0 Å². The summed E-state index contributed by atoms with van der Waals surface area (Å²) < 4.78 is 0. The number of allylic oxidation sites excluding steroid dienone is 4. The van der Waals surface area contributed by atoms with E-state index in [9.17, 15) is 0 Å². The largest absolute Gasteiger partial charge is 0.0776 e. The van der Waals surface area contributed by atoms with Gasteiger partial charge in [-0.05, 0) is 5.17 Å². The molecule has 0 fully saturated rings. The van der Waals surface area contributed by atoms with Crippen molar-refractivity contribution in [2.45, 2.75) is 32.7 Å². The molecule has 0 heterocycles. The minimum absolute atomic E-state index is 0.229. The van der Waals surface area contributed by atoms with Crippen molar-refractivity contribution >= 4 is 21.7 Å². The Balaban J connectivity index is 2.97. The SMILES string of the molecule is C[Si](C)=C1C=CC([Si](C)(C)C)=C1. The van der Waals surface area contributed by atoms with Crippen molar-refractivity contribution in [1.29, 1.82) is 0 Å². The van der Waals surface area contributed by atoms with Gasteiger partial charge in [0, 0.05) is 8.41 Å². The van der Waals surface area contributed by atoms with Crippen LogP contribution in [0.25, 0.3) is 0 Å². The van der Waals surface area contributed by atoms with E-state index in [2.05, 4.69) is 51.0 Å². The number of hydrogen-bond donors (Lipinski definition) is 0. The van der Waals surface area contributed by atoms with Gasteiger partial charge in [-0.15, -0.1) is 0 Å². The number of hydrogen-bond acceptors (Lipinski definition) is 0. The summed E-state index contributed by atoms with van der Waals surface area (Å²) in [4.78, 5) is 0. The molecule has 0 aliphatic heterocycles. The highest BCUT2D eigenvalue weighted by Crippen LogP contribution is 2.19. The van der Waals surface area contributed by atoms with Crippen LogP contribution >= 0.6 is 0 Å². The highest BCUT2D eigenvalue weighted by molar-refractivity contribution is 6.85. The molecular formula is C10H18Si2. The Morgan fingerprint density at radius 2 is 1.67 bits per heavy atom. The molecule has 0 N–H and O–H groups in total. The fourth-order valence-electron chi connectivity index (χ4n) is 1.22. The zero-order valence-electron chi connectivity index (χ0n) is 8.73. The standard InChI is InChI=1S/C10H18Si2/c1-11(2)9-6-7-10(8-9)12(3,4)5/h6-8H,1-5H3. The first-order valence-electron chi connectivity index (χ1n) is 4.49. The molecule has 0 unspecified atom stereocenters. The van der Waals surface area contributed by atoms with E-state index >= 15 is 0 Å². The minimum Gasteiger partial charge on any atom is -0.0656 e. The van der Waals surface area contributed by atoms with Crippen molar-refractivity contribution in [2.75, 3.05) is 0 Å². The Hall–Kier alpha value is -0.216. The molecule has 12 heavy (non-hydrogen) atoms. The number of rotatable bonds is 1. The molecule has 0 radical (unpaired) electrons. The van der Waals surface area contributed by atoms with Gasteiger partial charge in [0.2, 0.25) is 0 Å². The summed E-state index contributed by atoms with van der Waals surface area (Å²) in [6, 6.07) is 0. The molecule has 0 saturated carbocycles. The van der Waals surface area contributed by atoms with Crippen LogP contribution in [0, 0.1) is 0 Å². The van der Waals surface area contributed by atoms with Crippen molar-refractivity contribution in [3.63, 3.8) is 0 Å². The molecule has 0 amide bonds. The predicted octanol–water partition coefficient (Wildman–Crippen LogP) is 2.87. The third-order valence-electron chi connectivity index (χ3n) is 2.20. The second kappa shape index (κ2) is 3.26. The molecule has 2 heteroatoms. The monoisotopic (exact) mass is 194 g/mol. The molecule has 0 aromatic carbocycles. The van der Waals surface area contributed by atoms with E-state index < -0.39 is 8.07 Å². The fourth-order valence-corrected chi connectivity index (χ4v) is 3.40. The quantitative estimate of drug-likeness (QED) is 0.563. The lowest BCUT2D eigenvalue weighted by Crippen LogP contribution is -2.22. The first-order valence-corrected chi connectivity index (χ1v) is 10.5. The Labute approximate surface area is 78.2 Å². The topological polar surface area (TPSA) is 0 Å². The van der Waals surface area contributed by atoms with Crippen LogP contribution in [0.2, 0.25) is 32.7 Å². The van der Waals surface area contributed by atoms with Crippen molar-refractivity contribution in [1.82, 2.24) is 0 Å². The Kier molecular flexibility index (Phi) is 2.68. The van der Waals surface area contributed by atoms with E-state index in [0.717, 1.165) is 0 Å². The zero-order chi connectivity index (χ0) is 9.35. The summed E-state index contributed by atoms with van der Waals surface area (Å²) in [5.74, 6) is 0. The average molecular weight is 194 g/mol. The molecule has 0 spiro atoms. The first-order chi connectivity index (χ1) is 5.41. The fraction of sp³-hybridized carbons (Fsp3) is 0.500. The van der Waals surface area contributed by atoms with Gasteiger partial charge in [-0.1, -0.05) is 56.2 Å². The normalized spacial score (nSPS) is 16.8. The summed E-state index contributed by atoms with van der Waals surface area (Å²) >= 11 is 0. The van der Waals surface area contributed by atoms with Crippen LogP contribution in [0.15, 0.2) is 23.4 Å². The van der Waals surface area contributed by atoms with Gasteiger partial charge >= 0.3 is 0 Å². The second-order valence-corrected chi connectivity index (χ2v) is 12.3. The third-order valence-corrected chi connectivity index (χ3v) is 5.71. The summed E-state index contributed by atoms with van der Waals surface area (Å²) in [5, 5.41) is 3.21. The van der Waals surface area contributed by atoms with Crippen LogP contribution in [0.1, 0.15) is 0 Å². The predicted molar refractivity (Wildman–Crippen MR) is 63.1 cm³/mol. The highest BCUT2D eigenvalue weighted by atomic mass is 28.3. The van der Waals surface area contributed by atoms with Crippen LogP contribution in [-0.4, -0.2) is 21.7 Å². The van der Waals surface area contributed by atoms with E-state index in [0.29, 0.717) is 0 Å². The van der Waals surface area contributed by atoms with Crippen molar-refractivity contribution in [3.8, 4) is 0 Å². The summed E-state index contributed by atoms with van der Waals surface area (Å²) in [6.07, 6.45) is 7.08. The van der Waals surface area contributed by atoms with Crippen LogP contribution in [-0.2, 0) is 0 Å². The van der Waals surface area contributed by atoms with Gasteiger partial charge in [-0.25, -0.2) is 0 Å². The molecule has 1 aliphatic carbocycles. The van der Waals surface area contributed by atoms with Gasteiger partial charge < -0.3 is 0 Å². The molecule has 66 valence electrons. The van der Waals surface area contributed by atoms with Gasteiger partial charge in [0.1, 0.15) is 0 Å². The van der Waals surface area contributed by atoms with Gasteiger partial charge in [0.25, 0.3) is 0 Å². The molecule has 0 nitrogen and oxygen atoms in total. The van der Waals surface area contributed by atoms with E-state index in [4.69, 9.17) is 0 Å². The second-order valence-electron chi connectivity index (χ2n) is 4.64. The molecule has 0 atom stereocenters. The van der Waals surface area contributed by atoms with E-state index in [-0.39, 0.29) is 8.41 Å². The van der Waals surface area contributed by atoms with Gasteiger partial charge in [0.15, 0.2) is 0 Å². The summed E-state index contributed by atoms with van der Waals surface area (Å²) in [5.41, 5.74) is 0. The van der Waals surface area contributed by atoms with Crippen LogP contribution in [0.3, 0.4) is 0 Å². The molecule has 1 aliphatic rings. The summed E-state index contributed by atoms with van der Waals surface area (Å²) in [7, 11) is -1.27. The first kappa shape index (κ1) is 9.87. The molecule has 0 bridgehead atoms. The zero-order valence-corrected chi connectivity index (χ0v) is 10.7. The molecule has 0 aromatic heterocycles. The maximum absolute atomic E-state index is 2.43.